The molecule has 7 nitrogen and oxygen atoms in total. The van der Waals surface area contributed by atoms with Crippen LogP contribution in [0, 0.1) is 0 Å². The predicted octanol–water partition coefficient (Wildman–Crippen LogP) is 1.92. The zero-order valence-corrected chi connectivity index (χ0v) is 14.9. The highest BCUT2D eigenvalue weighted by molar-refractivity contribution is 6.30. The van der Waals surface area contributed by atoms with E-state index in [1.807, 2.05) is 18.2 Å². The van der Waals surface area contributed by atoms with E-state index in [0.29, 0.717) is 11.8 Å². The van der Waals surface area contributed by atoms with Gasteiger partial charge in [0.15, 0.2) is 5.82 Å². The minimum Gasteiger partial charge on any atom is -0.379 e. The van der Waals surface area contributed by atoms with Gasteiger partial charge in [0.25, 0.3) is 0 Å². The molecule has 0 aliphatic carbocycles. The topological polar surface area (TPSA) is 75.2 Å². The molecular weight excluding hydrogens is 340 g/mol. The van der Waals surface area contributed by atoms with Crippen molar-refractivity contribution in [2.75, 3.05) is 56.6 Å². The van der Waals surface area contributed by atoms with Crippen molar-refractivity contribution in [3.63, 3.8) is 0 Å². The van der Waals surface area contributed by atoms with Crippen molar-refractivity contribution in [3.05, 3.63) is 41.0 Å². The first-order valence-corrected chi connectivity index (χ1v) is 8.89. The smallest absolute Gasteiger partial charge is 0.244 e. The van der Waals surface area contributed by atoms with Crippen LogP contribution >= 0.6 is 11.6 Å². The summed E-state index contributed by atoms with van der Waals surface area (Å²) < 4.78 is 5.34. The number of aromatic nitrogens is 3. The zero-order chi connectivity index (χ0) is 17.3. The van der Waals surface area contributed by atoms with Crippen LogP contribution in [-0.2, 0) is 11.2 Å². The van der Waals surface area contributed by atoms with E-state index in [4.69, 9.17) is 16.3 Å². The van der Waals surface area contributed by atoms with E-state index in [2.05, 4.69) is 36.8 Å². The third kappa shape index (κ3) is 6.12. The summed E-state index contributed by atoms with van der Waals surface area (Å²) in [6.45, 7) is 6.06. The van der Waals surface area contributed by atoms with Crippen LogP contribution in [0.3, 0.4) is 0 Å². The molecule has 2 N–H and O–H groups in total. The molecule has 0 amide bonds. The molecule has 1 aromatic heterocycles. The first kappa shape index (κ1) is 17.8. The standard InChI is InChI=1S/C17H23ClN6O/c18-15-3-1-2-14(12-15)4-5-19-16-13-21-23-17(22-16)20-6-7-24-8-10-25-11-9-24/h1-3,12-13H,4-11H2,(H2,19,20,22,23). The van der Waals surface area contributed by atoms with E-state index >= 15 is 0 Å². The number of hydrogen-bond acceptors (Lipinski definition) is 7. The van der Waals surface area contributed by atoms with Crippen LogP contribution in [-0.4, -0.2) is 66.0 Å². The molecule has 134 valence electrons. The maximum atomic E-state index is 6.00. The Balaban J connectivity index is 1.41. The summed E-state index contributed by atoms with van der Waals surface area (Å²) in [6.07, 6.45) is 2.50. The fourth-order valence-corrected chi connectivity index (χ4v) is 2.85. The quantitative estimate of drug-likeness (QED) is 0.743. The van der Waals surface area contributed by atoms with Gasteiger partial charge in [-0.1, -0.05) is 23.7 Å². The van der Waals surface area contributed by atoms with Gasteiger partial charge in [-0.15, -0.1) is 5.10 Å². The number of ether oxygens (including phenoxy) is 1. The summed E-state index contributed by atoms with van der Waals surface area (Å²) in [5.74, 6) is 1.26. The van der Waals surface area contributed by atoms with Gasteiger partial charge in [-0.05, 0) is 24.1 Å². The fourth-order valence-electron chi connectivity index (χ4n) is 2.64. The molecule has 0 spiro atoms. The number of morpholine rings is 1. The third-order valence-corrected chi connectivity index (χ3v) is 4.22. The second-order valence-corrected chi connectivity index (χ2v) is 6.29. The van der Waals surface area contributed by atoms with Gasteiger partial charge in [-0.2, -0.15) is 10.1 Å². The molecule has 1 saturated heterocycles. The second-order valence-electron chi connectivity index (χ2n) is 5.85. The summed E-state index contributed by atoms with van der Waals surface area (Å²) in [5, 5.41) is 15.3. The molecule has 0 atom stereocenters. The van der Waals surface area contributed by atoms with Crippen molar-refractivity contribution in [2.45, 2.75) is 6.42 Å². The molecule has 1 aliphatic heterocycles. The lowest BCUT2D eigenvalue weighted by molar-refractivity contribution is 0.0398. The number of halogens is 1. The van der Waals surface area contributed by atoms with Crippen molar-refractivity contribution < 1.29 is 4.74 Å². The maximum Gasteiger partial charge on any atom is 0.244 e. The number of nitrogens with one attached hydrogen (secondary N) is 2. The van der Waals surface area contributed by atoms with E-state index in [1.54, 1.807) is 6.20 Å². The van der Waals surface area contributed by atoms with Crippen LogP contribution in [0.5, 0.6) is 0 Å². The van der Waals surface area contributed by atoms with Gasteiger partial charge in [-0.25, -0.2) is 0 Å². The molecule has 2 heterocycles. The normalized spacial score (nSPS) is 15.1. The monoisotopic (exact) mass is 362 g/mol. The van der Waals surface area contributed by atoms with E-state index in [1.165, 1.54) is 5.56 Å². The highest BCUT2D eigenvalue weighted by Gasteiger charge is 2.09. The molecule has 1 fully saturated rings. The Kier molecular flexibility index (Phi) is 6.79. The van der Waals surface area contributed by atoms with Crippen LogP contribution in [0.2, 0.25) is 5.02 Å². The molecule has 0 unspecified atom stereocenters. The average Bonchev–Trinajstić information content (AvgIpc) is 2.63. The minimum absolute atomic E-state index is 0.543. The molecule has 0 saturated carbocycles. The van der Waals surface area contributed by atoms with Gasteiger partial charge in [-0.3, -0.25) is 4.90 Å². The second kappa shape index (κ2) is 9.50. The van der Waals surface area contributed by atoms with Gasteiger partial charge >= 0.3 is 0 Å². The Bertz CT molecular complexity index is 665. The Hall–Kier alpha value is -1.96. The van der Waals surface area contributed by atoms with Crippen LogP contribution in [0.15, 0.2) is 30.5 Å². The first-order valence-electron chi connectivity index (χ1n) is 8.51. The van der Waals surface area contributed by atoms with Gasteiger partial charge < -0.3 is 15.4 Å². The number of benzene rings is 1. The van der Waals surface area contributed by atoms with Crippen molar-refractivity contribution in [1.82, 2.24) is 20.1 Å². The Morgan fingerprint density at radius 2 is 2.04 bits per heavy atom. The number of nitrogens with zero attached hydrogens (tertiary/aromatic N) is 4. The van der Waals surface area contributed by atoms with Crippen LogP contribution < -0.4 is 10.6 Å². The summed E-state index contributed by atoms with van der Waals surface area (Å²) in [6, 6.07) is 7.87. The number of hydrogen-bond donors (Lipinski definition) is 2. The van der Waals surface area contributed by atoms with Crippen LogP contribution in [0.1, 0.15) is 5.56 Å². The lowest BCUT2D eigenvalue weighted by atomic mass is 10.1. The summed E-state index contributed by atoms with van der Waals surface area (Å²) >= 11 is 6.00. The Labute approximate surface area is 152 Å². The van der Waals surface area contributed by atoms with Crippen molar-refractivity contribution in [3.8, 4) is 0 Å². The molecule has 0 radical (unpaired) electrons. The van der Waals surface area contributed by atoms with Crippen molar-refractivity contribution >= 4 is 23.4 Å². The lowest BCUT2D eigenvalue weighted by Gasteiger charge is -2.26. The zero-order valence-electron chi connectivity index (χ0n) is 14.1. The first-order chi connectivity index (χ1) is 12.3. The van der Waals surface area contributed by atoms with E-state index in [-0.39, 0.29) is 0 Å². The van der Waals surface area contributed by atoms with Gasteiger partial charge in [0.05, 0.1) is 19.4 Å². The minimum atomic E-state index is 0.543. The molecule has 3 rings (SSSR count). The SMILES string of the molecule is Clc1cccc(CCNc2cnnc(NCCN3CCOCC3)n2)c1. The number of anilines is 2. The van der Waals surface area contributed by atoms with Crippen LogP contribution in [0.25, 0.3) is 0 Å². The van der Waals surface area contributed by atoms with Gasteiger partial charge in [0, 0.05) is 37.7 Å². The molecule has 8 heteroatoms. The lowest BCUT2D eigenvalue weighted by Crippen LogP contribution is -2.39. The summed E-state index contributed by atoms with van der Waals surface area (Å²) in [5.41, 5.74) is 1.19. The van der Waals surface area contributed by atoms with Crippen molar-refractivity contribution in [2.24, 2.45) is 0 Å². The van der Waals surface area contributed by atoms with E-state index in [0.717, 1.165) is 57.4 Å². The Morgan fingerprint density at radius 1 is 1.16 bits per heavy atom. The molecule has 0 bridgehead atoms. The summed E-state index contributed by atoms with van der Waals surface area (Å²) in [7, 11) is 0. The third-order valence-electron chi connectivity index (χ3n) is 3.98. The fraction of sp³-hybridized carbons (Fsp3) is 0.471. The molecular formula is C17H23ClN6O. The molecule has 25 heavy (non-hydrogen) atoms. The highest BCUT2D eigenvalue weighted by Crippen LogP contribution is 2.11. The van der Waals surface area contributed by atoms with Crippen LogP contribution in [0.4, 0.5) is 11.8 Å². The average molecular weight is 363 g/mol. The number of rotatable bonds is 8. The predicted molar refractivity (Wildman–Crippen MR) is 99.2 cm³/mol. The molecule has 1 aromatic carbocycles. The molecule has 2 aromatic rings. The van der Waals surface area contributed by atoms with E-state index < -0.39 is 0 Å². The van der Waals surface area contributed by atoms with E-state index in [9.17, 15) is 0 Å². The largest absolute Gasteiger partial charge is 0.379 e. The summed E-state index contributed by atoms with van der Waals surface area (Å²) in [4.78, 5) is 6.80. The Morgan fingerprint density at radius 3 is 2.88 bits per heavy atom. The highest BCUT2D eigenvalue weighted by atomic mass is 35.5. The van der Waals surface area contributed by atoms with Gasteiger partial charge in [0.1, 0.15) is 0 Å². The van der Waals surface area contributed by atoms with Crippen molar-refractivity contribution in [1.29, 1.82) is 0 Å². The van der Waals surface area contributed by atoms with Gasteiger partial charge in [0.2, 0.25) is 5.95 Å². The molecule has 1 aliphatic rings. The maximum absolute atomic E-state index is 6.00.